The standard InChI is InChI=1S/C25H25NO4/c1-16-23(12-11-22(17(2)27)24(16)28)26-15-20-6-4-5-19(14-20)13-18-7-9-21(10-8-18)25(29)30-3/h4-12,14,26,28H,13,15H2,1-3H3. The second-order valence-electron chi connectivity index (χ2n) is 7.23. The molecule has 5 heteroatoms. The van der Waals surface area contributed by atoms with E-state index < -0.39 is 0 Å². The Kier molecular flexibility index (Phi) is 6.52. The van der Waals surface area contributed by atoms with Crippen molar-refractivity contribution in [2.75, 3.05) is 12.4 Å². The lowest BCUT2D eigenvalue weighted by Crippen LogP contribution is -2.04. The average molecular weight is 403 g/mol. The van der Waals surface area contributed by atoms with Gasteiger partial charge in [-0.2, -0.15) is 0 Å². The first-order chi connectivity index (χ1) is 14.4. The van der Waals surface area contributed by atoms with Gasteiger partial charge in [-0.3, -0.25) is 4.79 Å². The lowest BCUT2D eigenvalue weighted by Gasteiger charge is -2.13. The Morgan fingerprint density at radius 2 is 1.67 bits per heavy atom. The zero-order valence-corrected chi connectivity index (χ0v) is 17.4. The van der Waals surface area contributed by atoms with E-state index in [1.807, 2.05) is 30.3 Å². The lowest BCUT2D eigenvalue weighted by molar-refractivity contribution is 0.0600. The lowest BCUT2D eigenvalue weighted by atomic mass is 10.0. The summed E-state index contributed by atoms with van der Waals surface area (Å²) in [7, 11) is 1.37. The van der Waals surface area contributed by atoms with Gasteiger partial charge in [0.25, 0.3) is 0 Å². The molecule has 3 rings (SSSR count). The van der Waals surface area contributed by atoms with Gasteiger partial charge in [0.15, 0.2) is 5.78 Å². The zero-order valence-electron chi connectivity index (χ0n) is 17.4. The molecule has 0 aliphatic carbocycles. The number of methoxy groups -OCH3 is 1. The molecular formula is C25H25NO4. The highest BCUT2D eigenvalue weighted by Gasteiger charge is 2.12. The van der Waals surface area contributed by atoms with Crippen molar-refractivity contribution < 1.29 is 19.4 Å². The van der Waals surface area contributed by atoms with Crippen LogP contribution in [-0.2, 0) is 17.7 Å². The fourth-order valence-electron chi connectivity index (χ4n) is 3.33. The third-order valence-corrected chi connectivity index (χ3v) is 5.07. The summed E-state index contributed by atoms with van der Waals surface area (Å²) >= 11 is 0. The monoisotopic (exact) mass is 403 g/mol. The van der Waals surface area contributed by atoms with E-state index in [2.05, 4.69) is 17.4 Å². The van der Waals surface area contributed by atoms with Gasteiger partial charge in [0.2, 0.25) is 0 Å². The first kappa shape index (κ1) is 21.1. The van der Waals surface area contributed by atoms with Crippen LogP contribution in [-0.4, -0.2) is 24.0 Å². The van der Waals surface area contributed by atoms with Crippen LogP contribution in [0, 0.1) is 6.92 Å². The van der Waals surface area contributed by atoms with E-state index in [1.54, 1.807) is 25.1 Å². The van der Waals surface area contributed by atoms with Crippen molar-refractivity contribution >= 4 is 17.4 Å². The zero-order chi connectivity index (χ0) is 21.7. The van der Waals surface area contributed by atoms with Crippen LogP contribution in [0.1, 0.15) is 49.9 Å². The summed E-state index contributed by atoms with van der Waals surface area (Å²) in [5.74, 6) is -0.474. The first-order valence-electron chi connectivity index (χ1n) is 9.71. The molecule has 0 saturated heterocycles. The fourth-order valence-corrected chi connectivity index (χ4v) is 3.33. The Morgan fingerprint density at radius 1 is 0.967 bits per heavy atom. The number of hydrogen-bond donors (Lipinski definition) is 2. The number of esters is 1. The smallest absolute Gasteiger partial charge is 0.337 e. The van der Waals surface area contributed by atoms with Gasteiger partial charge in [-0.1, -0.05) is 36.4 Å². The second kappa shape index (κ2) is 9.27. The van der Waals surface area contributed by atoms with Crippen molar-refractivity contribution in [2.45, 2.75) is 26.8 Å². The highest BCUT2D eigenvalue weighted by atomic mass is 16.5. The van der Waals surface area contributed by atoms with Gasteiger partial charge in [0, 0.05) is 17.8 Å². The summed E-state index contributed by atoms with van der Waals surface area (Å²) in [5, 5.41) is 13.6. The first-order valence-corrected chi connectivity index (χ1v) is 9.71. The summed E-state index contributed by atoms with van der Waals surface area (Å²) in [6.45, 7) is 3.82. The number of ketones is 1. The number of anilines is 1. The summed E-state index contributed by atoms with van der Waals surface area (Å²) in [6.07, 6.45) is 0.752. The molecule has 0 bridgehead atoms. The molecule has 0 unspecified atom stereocenters. The molecular weight excluding hydrogens is 378 g/mol. The predicted molar refractivity (Wildman–Crippen MR) is 117 cm³/mol. The van der Waals surface area contributed by atoms with E-state index in [-0.39, 0.29) is 17.5 Å². The number of carbonyl (C=O) groups is 2. The molecule has 5 nitrogen and oxygen atoms in total. The highest BCUT2D eigenvalue weighted by molar-refractivity contribution is 5.97. The van der Waals surface area contributed by atoms with Crippen LogP contribution in [0.5, 0.6) is 5.75 Å². The maximum absolute atomic E-state index is 11.6. The molecule has 0 aromatic heterocycles. The Morgan fingerprint density at radius 3 is 2.33 bits per heavy atom. The number of hydrogen-bond acceptors (Lipinski definition) is 5. The molecule has 0 aliphatic heterocycles. The number of nitrogens with one attached hydrogen (secondary N) is 1. The van der Waals surface area contributed by atoms with E-state index >= 15 is 0 Å². The number of ether oxygens (including phenoxy) is 1. The third kappa shape index (κ3) is 4.87. The maximum atomic E-state index is 11.6. The number of aromatic hydroxyl groups is 1. The van der Waals surface area contributed by atoms with Crippen molar-refractivity contribution in [1.82, 2.24) is 0 Å². The van der Waals surface area contributed by atoms with Crippen LogP contribution in [0.4, 0.5) is 5.69 Å². The van der Waals surface area contributed by atoms with Gasteiger partial charge in [0.1, 0.15) is 5.75 Å². The molecule has 2 N–H and O–H groups in total. The minimum absolute atomic E-state index is 0.0247. The van der Waals surface area contributed by atoms with Crippen LogP contribution >= 0.6 is 0 Å². The van der Waals surface area contributed by atoms with Crippen LogP contribution in [0.25, 0.3) is 0 Å². The van der Waals surface area contributed by atoms with Crippen molar-refractivity contribution in [1.29, 1.82) is 0 Å². The van der Waals surface area contributed by atoms with E-state index in [0.717, 1.165) is 28.8 Å². The number of Topliss-reactive ketones (excluding diaryl/α,β-unsaturated/α-hetero) is 1. The van der Waals surface area contributed by atoms with Gasteiger partial charge in [-0.05, 0) is 61.2 Å². The largest absolute Gasteiger partial charge is 0.507 e. The van der Waals surface area contributed by atoms with Gasteiger partial charge in [-0.15, -0.1) is 0 Å². The van der Waals surface area contributed by atoms with E-state index in [1.165, 1.54) is 14.0 Å². The molecule has 0 spiro atoms. The molecule has 0 saturated carbocycles. The Labute approximate surface area is 176 Å². The third-order valence-electron chi connectivity index (χ3n) is 5.07. The Bertz CT molecular complexity index is 1070. The molecule has 3 aromatic carbocycles. The van der Waals surface area contributed by atoms with Crippen LogP contribution in [0.2, 0.25) is 0 Å². The van der Waals surface area contributed by atoms with E-state index in [9.17, 15) is 14.7 Å². The summed E-state index contributed by atoms with van der Waals surface area (Å²) in [4.78, 5) is 23.1. The summed E-state index contributed by atoms with van der Waals surface area (Å²) in [6, 6.07) is 19.1. The molecule has 0 aliphatic rings. The number of phenols is 1. The number of phenolic OH excluding ortho intramolecular Hbond substituents is 1. The Hall–Kier alpha value is -3.60. The van der Waals surface area contributed by atoms with Gasteiger partial charge in [-0.25, -0.2) is 4.79 Å². The molecule has 0 fully saturated rings. The van der Waals surface area contributed by atoms with Gasteiger partial charge < -0.3 is 15.2 Å². The summed E-state index contributed by atoms with van der Waals surface area (Å²) in [5.41, 5.74) is 5.69. The van der Waals surface area contributed by atoms with E-state index in [4.69, 9.17) is 4.74 Å². The van der Waals surface area contributed by atoms with Crippen LogP contribution in [0.15, 0.2) is 60.7 Å². The second-order valence-corrected chi connectivity index (χ2v) is 7.23. The van der Waals surface area contributed by atoms with E-state index in [0.29, 0.717) is 23.2 Å². The quantitative estimate of drug-likeness (QED) is 0.434. The normalized spacial score (nSPS) is 10.5. The highest BCUT2D eigenvalue weighted by Crippen LogP contribution is 2.29. The van der Waals surface area contributed by atoms with Gasteiger partial charge >= 0.3 is 5.97 Å². The molecule has 154 valence electrons. The van der Waals surface area contributed by atoms with Crippen molar-refractivity contribution in [2.24, 2.45) is 0 Å². The molecule has 0 radical (unpaired) electrons. The fraction of sp³-hybridized carbons (Fsp3) is 0.200. The molecule has 30 heavy (non-hydrogen) atoms. The van der Waals surface area contributed by atoms with Gasteiger partial charge in [0.05, 0.1) is 18.2 Å². The van der Waals surface area contributed by atoms with Crippen LogP contribution < -0.4 is 5.32 Å². The SMILES string of the molecule is COC(=O)c1ccc(Cc2cccc(CNc3ccc(C(C)=O)c(O)c3C)c2)cc1. The maximum Gasteiger partial charge on any atom is 0.337 e. The number of carbonyl (C=O) groups excluding carboxylic acids is 2. The molecule has 3 aromatic rings. The van der Waals surface area contributed by atoms with Crippen molar-refractivity contribution in [3.63, 3.8) is 0 Å². The molecule has 0 amide bonds. The van der Waals surface area contributed by atoms with Crippen molar-refractivity contribution in [3.8, 4) is 5.75 Å². The van der Waals surface area contributed by atoms with Crippen LogP contribution in [0.3, 0.4) is 0 Å². The topological polar surface area (TPSA) is 75.6 Å². The minimum Gasteiger partial charge on any atom is -0.507 e. The molecule has 0 heterocycles. The number of rotatable bonds is 7. The summed E-state index contributed by atoms with van der Waals surface area (Å²) < 4.78 is 4.73. The minimum atomic E-state index is -0.340. The predicted octanol–water partition coefficient (Wildman–Crippen LogP) is 4.89. The Balaban J connectivity index is 1.68. The van der Waals surface area contributed by atoms with Crippen molar-refractivity contribution in [3.05, 3.63) is 94.0 Å². The average Bonchev–Trinajstić information content (AvgIpc) is 2.75. The number of benzene rings is 3. The molecule has 0 atom stereocenters.